The number of alkyl halides is 1. The Morgan fingerprint density at radius 3 is 2.75 bits per heavy atom. The van der Waals surface area contributed by atoms with Gasteiger partial charge in [-0.05, 0) is 26.2 Å². The third kappa shape index (κ3) is 3.91. The average molecular weight is 262 g/mol. The molecule has 0 bridgehead atoms. The maximum absolute atomic E-state index is 5.81. The van der Waals surface area contributed by atoms with Crippen LogP contribution in [0.2, 0.25) is 0 Å². The molecule has 1 aromatic heterocycles. The van der Waals surface area contributed by atoms with Crippen LogP contribution in [0.15, 0.2) is 0 Å². The summed E-state index contributed by atoms with van der Waals surface area (Å²) < 4.78 is 4.32. The van der Waals surface area contributed by atoms with Gasteiger partial charge in [-0.2, -0.15) is 4.37 Å². The topological polar surface area (TPSA) is 37.8 Å². The summed E-state index contributed by atoms with van der Waals surface area (Å²) in [6.07, 6.45) is 4.01. The molecule has 16 heavy (non-hydrogen) atoms. The zero-order valence-corrected chi connectivity index (χ0v) is 11.8. The van der Waals surface area contributed by atoms with E-state index in [2.05, 4.69) is 35.4 Å². The second-order valence-corrected chi connectivity index (χ2v) is 5.37. The number of rotatable bonds is 7. The highest BCUT2D eigenvalue weighted by Crippen LogP contribution is 2.23. The molecule has 1 N–H and O–H groups in total. The highest BCUT2D eigenvalue weighted by molar-refractivity contribution is 7.09. The number of hydrogen-bond acceptors (Lipinski definition) is 4. The van der Waals surface area contributed by atoms with Gasteiger partial charge in [0.1, 0.15) is 5.82 Å². The summed E-state index contributed by atoms with van der Waals surface area (Å²) in [4.78, 5) is 4.47. The second kappa shape index (κ2) is 6.40. The maximum Gasteiger partial charge on any atom is 0.202 e. The fourth-order valence-electron chi connectivity index (χ4n) is 1.42. The monoisotopic (exact) mass is 261 g/mol. The van der Waals surface area contributed by atoms with Crippen LogP contribution in [0.5, 0.6) is 0 Å². The molecule has 0 fully saturated rings. The molecule has 5 heteroatoms. The van der Waals surface area contributed by atoms with E-state index in [9.17, 15) is 0 Å². The first kappa shape index (κ1) is 13.7. The lowest BCUT2D eigenvalue weighted by Crippen LogP contribution is -2.34. The van der Waals surface area contributed by atoms with Gasteiger partial charge in [-0.3, -0.25) is 0 Å². The Morgan fingerprint density at radius 1 is 1.44 bits per heavy atom. The predicted octanol–water partition coefficient (Wildman–Crippen LogP) is 3.70. The summed E-state index contributed by atoms with van der Waals surface area (Å²) in [6.45, 7) is 6.47. The minimum atomic E-state index is 0.0325. The fourth-order valence-corrected chi connectivity index (χ4v) is 2.60. The highest BCUT2D eigenvalue weighted by atomic mass is 35.5. The van der Waals surface area contributed by atoms with Crippen LogP contribution in [-0.2, 0) is 6.42 Å². The number of aromatic nitrogens is 2. The second-order valence-electron chi connectivity index (χ2n) is 4.24. The van der Waals surface area contributed by atoms with Gasteiger partial charge in [0, 0.05) is 29.4 Å². The summed E-state index contributed by atoms with van der Waals surface area (Å²) in [6, 6.07) is 0. The zero-order chi connectivity index (χ0) is 12.0. The van der Waals surface area contributed by atoms with Crippen LogP contribution in [-0.4, -0.2) is 20.8 Å². The van der Waals surface area contributed by atoms with Crippen LogP contribution < -0.4 is 5.32 Å². The summed E-state index contributed by atoms with van der Waals surface area (Å²) in [5.41, 5.74) is 0.0325. The Morgan fingerprint density at radius 2 is 2.19 bits per heavy atom. The molecule has 0 aliphatic rings. The predicted molar refractivity (Wildman–Crippen MR) is 71.6 cm³/mol. The Hall–Kier alpha value is -0.350. The molecule has 0 aliphatic carbocycles. The normalized spacial score (nSPS) is 14.8. The Kier molecular flexibility index (Phi) is 5.49. The van der Waals surface area contributed by atoms with Crippen molar-refractivity contribution in [3.05, 3.63) is 5.82 Å². The summed E-state index contributed by atoms with van der Waals surface area (Å²) in [5, 5.41) is 4.36. The molecule has 1 unspecified atom stereocenters. The van der Waals surface area contributed by atoms with Crippen LogP contribution in [0.4, 0.5) is 5.13 Å². The molecular formula is C11H20ClN3S. The van der Waals surface area contributed by atoms with Crippen molar-refractivity contribution in [2.24, 2.45) is 0 Å². The lowest BCUT2D eigenvalue weighted by atomic mass is 9.96. The van der Waals surface area contributed by atoms with Gasteiger partial charge in [-0.15, -0.1) is 11.6 Å². The van der Waals surface area contributed by atoms with E-state index in [0.717, 1.165) is 36.6 Å². The lowest BCUT2D eigenvalue weighted by molar-refractivity contribution is 0.480. The van der Waals surface area contributed by atoms with E-state index in [-0.39, 0.29) is 5.54 Å². The number of anilines is 1. The minimum absolute atomic E-state index is 0.0325. The molecule has 0 saturated carbocycles. The number of hydrogen-bond donors (Lipinski definition) is 1. The molecule has 1 aromatic rings. The third-order valence-corrected chi connectivity index (χ3v) is 3.63. The molecule has 0 amide bonds. The van der Waals surface area contributed by atoms with E-state index in [1.807, 2.05) is 0 Å². The SMILES string of the molecule is CCCc1nsc(NC(C)(CC)CCCl)n1. The van der Waals surface area contributed by atoms with Crippen LogP contribution in [0.3, 0.4) is 0 Å². The molecule has 0 spiro atoms. The molecule has 1 atom stereocenters. The van der Waals surface area contributed by atoms with Crippen molar-refractivity contribution < 1.29 is 0 Å². The standard InChI is InChI=1S/C11H20ClN3S/c1-4-6-9-13-10(16-15-9)14-11(3,5-2)7-8-12/h4-8H2,1-3H3,(H,13,14,15). The van der Waals surface area contributed by atoms with Crippen molar-refractivity contribution >= 4 is 28.3 Å². The Bertz CT molecular complexity index is 316. The van der Waals surface area contributed by atoms with Gasteiger partial charge >= 0.3 is 0 Å². The van der Waals surface area contributed by atoms with Crippen LogP contribution >= 0.6 is 23.1 Å². The first-order chi connectivity index (χ1) is 7.63. The molecule has 0 saturated heterocycles. The molecule has 0 radical (unpaired) electrons. The van der Waals surface area contributed by atoms with Gasteiger partial charge in [0.2, 0.25) is 5.13 Å². The van der Waals surface area contributed by atoms with E-state index < -0.39 is 0 Å². The maximum atomic E-state index is 5.81. The molecule has 1 heterocycles. The first-order valence-corrected chi connectivity index (χ1v) is 7.11. The van der Waals surface area contributed by atoms with E-state index in [1.54, 1.807) is 0 Å². The van der Waals surface area contributed by atoms with Gasteiger partial charge in [0.05, 0.1) is 0 Å². The number of nitrogens with zero attached hydrogens (tertiary/aromatic N) is 2. The van der Waals surface area contributed by atoms with Crippen molar-refractivity contribution in [2.75, 3.05) is 11.2 Å². The molecule has 3 nitrogen and oxygen atoms in total. The van der Waals surface area contributed by atoms with Gasteiger partial charge in [-0.1, -0.05) is 13.8 Å². The van der Waals surface area contributed by atoms with Gasteiger partial charge < -0.3 is 5.32 Å². The van der Waals surface area contributed by atoms with Gasteiger partial charge in [0.25, 0.3) is 0 Å². The lowest BCUT2D eigenvalue weighted by Gasteiger charge is -2.28. The molecular weight excluding hydrogens is 242 g/mol. The molecule has 1 rings (SSSR count). The summed E-state index contributed by atoms with van der Waals surface area (Å²) in [5.74, 6) is 1.61. The van der Waals surface area contributed by atoms with Crippen molar-refractivity contribution in [1.29, 1.82) is 0 Å². The molecule has 92 valence electrons. The van der Waals surface area contributed by atoms with Crippen molar-refractivity contribution in [2.45, 2.75) is 52.0 Å². The van der Waals surface area contributed by atoms with E-state index in [4.69, 9.17) is 11.6 Å². The van der Waals surface area contributed by atoms with E-state index in [0.29, 0.717) is 5.88 Å². The van der Waals surface area contributed by atoms with Gasteiger partial charge in [0.15, 0.2) is 0 Å². The smallest absolute Gasteiger partial charge is 0.202 e. The van der Waals surface area contributed by atoms with Crippen LogP contribution in [0, 0.1) is 0 Å². The first-order valence-electron chi connectivity index (χ1n) is 5.80. The molecule has 0 aliphatic heterocycles. The van der Waals surface area contributed by atoms with Crippen LogP contribution in [0.25, 0.3) is 0 Å². The Labute approximate surface area is 107 Å². The largest absolute Gasteiger partial charge is 0.355 e. The number of halogens is 1. The molecule has 0 aromatic carbocycles. The summed E-state index contributed by atoms with van der Waals surface area (Å²) >= 11 is 7.26. The fraction of sp³-hybridized carbons (Fsp3) is 0.818. The van der Waals surface area contributed by atoms with Crippen molar-refractivity contribution in [3.8, 4) is 0 Å². The van der Waals surface area contributed by atoms with Crippen LogP contribution in [0.1, 0.15) is 45.9 Å². The highest BCUT2D eigenvalue weighted by Gasteiger charge is 2.22. The van der Waals surface area contributed by atoms with Crippen molar-refractivity contribution in [1.82, 2.24) is 9.36 Å². The van der Waals surface area contributed by atoms with E-state index in [1.165, 1.54) is 11.5 Å². The van der Waals surface area contributed by atoms with Gasteiger partial charge in [-0.25, -0.2) is 4.98 Å². The Balaban J connectivity index is 2.62. The third-order valence-electron chi connectivity index (χ3n) is 2.78. The zero-order valence-electron chi connectivity index (χ0n) is 10.2. The quantitative estimate of drug-likeness (QED) is 0.761. The van der Waals surface area contributed by atoms with E-state index >= 15 is 0 Å². The number of nitrogens with one attached hydrogen (secondary N) is 1. The minimum Gasteiger partial charge on any atom is -0.355 e. The van der Waals surface area contributed by atoms with Crippen molar-refractivity contribution in [3.63, 3.8) is 0 Å². The number of aryl methyl sites for hydroxylation is 1. The average Bonchev–Trinajstić information content (AvgIpc) is 2.66. The summed E-state index contributed by atoms with van der Waals surface area (Å²) in [7, 11) is 0.